The molecular weight excluding hydrogens is 471 g/mol. The van der Waals surface area contributed by atoms with Gasteiger partial charge in [-0.05, 0) is 77.9 Å². The fraction of sp³-hybridized carbons (Fsp3) is 0.0385. The summed E-state index contributed by atoms with van der Waals surface area (Å²) in [5.41, 5.74) is 10.8. The van der Waals surface area contributed by atoms with Gasteiger partial charge in [-0.25, -0.2) is 9.37 Å². The molecule has 2 N–H and O–H groups in total. The summed E-state index contributed by atoms with van der Waals surface area (Å²) in [6.45, 7) is 0. The number of fused-ring (bicyclic) bond motifs is 1. The van der Waals surface area contributed by atoms with Crippen LogP contribution >= 0.6 is 23.8 Å². The van der Waals surface area contributed by atoms with Crippen LogP contribution in [0.25, 0.3) is 39.1 Å². The predicted octanol–water partition coefficient (Wildman–Crippen LogP) is 6.87. The number of ether oxygens (including phenoxy) is 1. The number of nitrogens with two attached hydrogens (primary N) is 1. The van der Waals surface area contributed by atoms with Crippen LogP contribution in [0.5, 0.6) is 5.75 Å². The van der Waals surface area contributed by atoms with Crippen LogP contribution in [0.2, 0.25) is 5.02 Å². The van der Waals surface area contributed by atoms with E-state index < -0.39 is 0 Å². The Balaban J connectivity index is 1.86. The van der Waals surface area contributed by atoms with Crippen LogP contribution in [0.4, 0.5) is 10.2 Å². The molecule has 0 bridgehead atoms. The van der Waals surface area contributed by atoms with Gasteiger partial charge in [0.2, 0.25) is 4.77 Å². The molecule has 5 rings (SSSR count). The topological polar surface area (TPSA) is 66.0 Å². The summed E-state index contributed by atoms with van der Waals surface area (Å²) >= 11 is 11.8. The minimum Gasteiger partial charge on any atom is -0.495 e. The smallest absolute Gasteiger partial charge is 0.207 e. The number of hydrogen-bond donors (Lipinski definition) is 1. The van der Waals surface area contributed by atoms with Gasteiger partial charge in [0, 0.05) is 10.6 Å². The van der Waals surface area contributed by atoms with Crippen molar-refractivity contribution in [3.8, 4) is 33.8 Å². The Morgan fingerprint density at radius 3 is 2.32 bits per heavy atom. The number of nitrogens with zero attached hydrogens (tertiary/aromatic N) is 3. The minimum absolute atomic E-state index is 0.236. The van der Waals surface area contributed by atoms with Crippen molar-refractivity contribution in [2.24, 2.45) is 0 Å². The van der Waals surface area contributed by atoms with E-state index in [2.05, 4.69) is 4.98 Å². The number of hydrogen-bond acceptors (Lipinski definition) is 5. The highest BCUT2D eigenvalue weighted by atomic mass is 35.5. The Hall–Kier alpha value is -3.81. The number of nitrogen functional groups attached to an aromatic ring is 1. The van der Waals surface area contributed by atoms with E-state index in [1.165, 1.54) is 12.1 Å². The summed E-state index contributed by atoms with van der Waals surface area (Å²) in [6, 6.07) is 22.9. The van der Waals surface area contributed by atoms with E-state index in [0.717, 1.165) is 16.7 Å². The second kappa shape index (κ2) is 8.85. The molecule has 0 unspecified atom stereocenters. The largest absolute Gasteiger partial charge is 0.495 e. The molecule has 34 heavy (non-hydrogen) atoms. The van der Waals surface area contributed by atoms with Crippen LogP contribution in [-0.2, 0) is 0 Å². The summed E-state index contributed by atoms with van der Waals surface area (Å²) < 4.78 is 21.0. The maximum Gasteiger partial charge on any atom is 0.207 e. The molecule has 0 aliphatic heterocycles. The predicted molar refractivity (Wildman–Crippen MR) is 137 cm³/mol. The van der Waals surface area contributed by atoms with E-state index in [9.17, 15) is 4.39 Å². The third kappa shape index (κ3) is 3.89. The number of aromatic nitrogens is 3. The molecule has 2 heterocycles. The number of pyridine rings is 1. The normalized spacial score (nSPS) is 11.0. The molecule has 8 heteroatoms. The second-order valence-electron chi connectivity index (χ2n) is 7.55. The van der Waals surface area contributed by atoms with Gasteiger partial charge in [-0.2, -0.15) is 4.98 Å². The van der Waals surface area contributed by atoms with Crippen LogP contribution in [0.3, 0.4) is 0 Å². The average Bonchev–Trinajstić information content (AvgIpc) is 2.84. The van der Waals surface area contributed by atoms with Crippen molar-refractivity contribution in [1.29, 1.82) is 0 Å². The van der Waals surface area contributed by atoms with Crippen LogP contribution in [-0.4, -0.2) is 21.6 Å². The molecule has 3 aromatic carbocycles. The molecule has 0 atom stereocenters. The Kier molecular flexibility index (Phi) is 5.73. The Bertz CT molecular complexity index is 1580. The lowest BCUT2D eigenvalue weighted by Gasteiger charge is -2.18. The van der Waals surface area contributed by atoms with Gasteiger partial charge in [0.25, 0.3) is 0 Å². The maximum atomic E-state index is 13.5. The molecule has 5 aromatic rings. The number of methoxy groups -OCH3 is 1. The van der Waals surface area contributed by atoms with Crippen molar-refractivity contribution in [1.82, 2.24) is 14.5 Å². The van der Waals surface area contributed by atoms with Crippen molar-refractivity contribution in [2.75, 3.05) is 12.8 Å². The van der Waals surface area contributed by atoms with Gasteiger partial charge in [-0.15, -0.1) is 0 Å². The fourth-order valence-electron chi connectivity index (χ4n) is 3.89. The first-order chi connectivity index (χ1) is 16.5. The van der Waals surface area contributed by atoms with Crippen molar-refractivity contribution in [2.45, 2.75) is 0 Å². The Morgan fingerprint density at radius 1 is 0.941 bits per heavy atom. The molecule has 0 amide bonds. The van der Waals surface area contributed by atoms with E-state index in [4.69, 9.17) is 39.3 Å². The first kappa shape index (κ1) is 22.0. The van der Waals surface area contributed by atoms with Gasteiger partial charge >= 0.3 is 0 Å². The number of halogens is 2. The van der Waals surface area contributed by atoms with Gasteiger partial charge in [-0.1, -0.05) is 35.9 Å². The van der Waals surface area contributed by atoms with Gasteiger partial charge < -0.3 is 10.5 Å². The summed E-state index contributed by atoms with van der Waals surface area (Å²) in [6.07, 6.45) is 0. The van der Waals surface area contributed by atoms with Crippen LogP contribution in [0.1, 0.15) is 0 Å². The molecule has 2 aromatic heterocycles. The van der Waals surface area contributed by atoms with Gasteiger partial charge in [0.15, 0.2) is 5.65 Å². The SMILES string of the molecule is COc1ccccc1-n1c(N)c2c(-c3ccc(Cl)cc3)cc(-c3ccc(F)cc3)nc2nc1=S. The molecule has 0 radical (unpaired) electrons. The van der Waals surface area contributed by atoms with Crippen molar-refractivity contribution < 1.29 is 9.13 Å². The zero-order valence-corrected chi connectivity index (χ0v) is 19.6. The highest BCUT2D eigenvalue weighted by molar-refractivity contribution is 7.71. The number of anilines is 1. The van der Waals surface area contributed by atoms with Crippen LogP contribution in [0.15, 0.2) is 78.9 Å². The summed E-state index contributed by atoms with van der Waals surface area (Å²) in [5, 5.41) is 1.25. The van der Waals surface area contributed by atoms with Crippen molar-refractivity contribution in [3.05, 3.63) is 94.5 Å². The number of para-hydroxylation sites is 2. The molecule has 0 saturated carbocycles. The summed E-state index contributed by atoms with van der Waals surface area (Å²) in [5.74, 6) is 0.661. The van der Waals surface area contributed by atoms with E-state index in [1.807, 2.05) is 42.5 Å². The lowest BCUT2D eigenvalue weighted by molar-refractivity contribution is 0.413. The third-order valence-corrected chi connectivity index (χ3v) is 6.04. The average molecular weight is 489 g/mol. The van der Waals surface area contributed by atoms with E-state index >= 15 is 0 Å². The molecular formula is C26H18ClFN4OS. The van der Waals surface area contributed by atoms with Crippen LogP contribution in [0, 0.1) is 10.6 Å². The fourth-order valence-corrected chi connectivity index (χ4v) is 4.30. The zero-order valence-electron chi connectivity index (χ0n) is 18.0. The number of rotatable bonds is 4. The second-order valence-corrected chi connectivity index (χ2v) is 8.36. The highest BCUT2D eigenvalue weighted by Gasteiger charge is 2.18. The lowest BCUT2D eigenvalue weighted by atomic mass is 9.99. The summed E-state index contributed by atoms with van der Waals surface area (Å²) in [4.78, 5) is 9.35. The quantitative estimate of drug-likeness (QED) is 0.280. The van der Waals surface area contributed by atoms with Gasteiger partial charge in [-0.3, -0.25) is 4.57 Å². The first-order valence-corrected chi connectivity index (χ1v) is 11.1. The molecule has 168 valence electrons. The summed E-state index contributed by atoms with van der Waals surface area (Å²) in [7, 11) is 1.59. The molecule has 0 aliphatic rings. The van der Waals surface area contributed by atoms with E-state index in [0.29, 0.717) is 39.0 Å². The monoisotopic (exact) mass is 488 g/mol. The number of benzene rings is 3. The molecule has 0 saturated heterocycles. The minimum atomic E-state index is -0.324. The molecule has 0 aliphatic carbocycles. The van der Waals surface area contributed by atoms with E-state index in [1.54, 1.807) is 35.9 Å². The maximum absolute atomic E-state index is 13.5. The van der Waals surface area contributed by atoms with Crippen LogP contribution < -0.4 is 10.5 Å². The highest BCUT2D eigenvalue weighted by Crippen LogP contribution is 2.37. The zero-order chi connectivity index (χ0) is 23.8. The third-order valence-electron chi connectivity index (χ3n) is 5.51. The van der Waals surface area contributed by atoms with Gasteiger partial charge in [0.1, 0.15) is 17.4 Å². The van der Waals surface area contributed by atoms with Gasteiger partial charge in [0.05, 0.1) is 23.9 Å². The van der Waals surface area contributed by atoms with E-state index in [-0.39, 0.29) is 10.6 Å². The van der Waals surface area contributed by atoms with Crippen molar-refractivity contribution in [3.63, 3.8) is 0 Å². The van der Waals surface area contributed by atoms with Crippen molar-refractivity contribution >= 4 is 40.7 Å². The molecule has 0 spiro atoms. The standard InChI is InChI=1S/C26H18ClFN4OS/c1-33-22-5-3-2-4-21(22)32-24(29)23-19(15-6-10-17(27)11-7-15)14-20(30-25(23)31-26(32)34)16-8-12-18(28)13-9-16/h2-14H,29H2,1H3. The Labute approximate surface area is 205 Å². The molecule has 0 fully saturated rings. The first-order valence-electron chi connectivity index (χ1n) is 10.3. The lowest BCUT2D eigenvalue weighted by Crippen LogP contribution is -2.10. The Morgan fingerprint density at radius 2 is 1.62 bits per heavy atom. The molecule has 5 nitrogen and oxygen atoms in total.